The summed E-state index contributed by atoms with van der Waals surface area (Å²) in [5.41, 5.74) is 8.65. The molecule has 0 aliphatic carbocycles. The summed E-state index contributed by atoms with van der Waals surface area (Å²) in [6, 6.07) is 27.8. The Morgan fingerprint density at radius 3 is 2.35 bits per heavy atom. The van der Waals surface area contributed by atoms with Gasteiger partial charge in [-0.2, -0.15) is 5.26 Å². The summed E-state index contributed by atoms with van der Waals surface area (Å²) in [5.74, 6) is 0. The van der Waals surface area contributed by atoms with Gasteiger partial charge in [-0.15, -0.1) is 0 Å². The van der Waals surface area contributed by atoms with E-state index in [1.54, 1.807) is 30.9 Å². The molecule has 0 aliphatic heterocycles. The van der Waals surface area contributed by atoms with Gasteiger partial charge in [0, 0.05) is 64.9 Å². The van der Waals surface area contributed by atoms with Gasteiger partial charge in [-0.25, -0.2) is 9.97 Å². The van der Waals surface area contributed by atoms with Crippen LogP contribution in [0.25, 0.3) is 66.8 Å². The molecule has 7 heteroatoms. The lowest BCUT2D eigenvalue weighted by Gasteiger charge is -2.20. The van der Waals surface area contributed by atoms with Gasteiger partial charge in [-0.3, -0.25) is 15.0 Å². The molecule has 0 atom stereocenters. The molecule has 40 heavy (non-hydrogen) atoms. The van der Waals surface area contributed by atoms with Crippen LogP contribution in [0.2, 0.25) is 0 Å². The first kappa shape index (κ1) is 23.4. The molecule has 0 spiro atoms. The van der Waals surface area contributed by atoms with Gasteiger partial charge in [0.15, 0.2) is 0 Å². The van der Waals surface area contributed by atoms with Crippen molar-refractivity contribution in [1.29, 1.82) is 5.26 Å². The van der Waals surface area contributed by atoms with E-state index in [1.807, 2.05) is 66.5 Å². The van der Waals surface area contributed by atoms with Crippen molar-refractivity contribution in [2.24, 2.45) is 7.05 Å². The third-order valence-electron chi connectivity index (χ3n) is 6.95. The van der Waals surface area contributed by atoms with Gasteiger partial charge in [0.1, 0.15) is 0 Å². The van der Waals surface area contributed by atoms with E-state index in [1.165, 1.54) is 0 Å². The predicted molar refractivity (Wildman–Crippen MR) is 156 cm³/mol. The molecule has 7 nitrogen and oxygen atoms in total. The highest BCUT2D eigenvalue weighted by atomic mass is 15.0. The smallest absolute Gasteiger partial charge is 0.0994 e. The van der Waals surface area contributed by atoms with Crippen LogP contribution in [-0.2, 0) is 7.05 Å². The zero-order valence-electron chi connectivity index (χ0n) is 21.5. The lowest BCUT2D eigenvalue weighted by Crippen LogP contribution is -2.01. The Morgan fingerprint density at radius 2 is 1.52 bits per heavy atom. The van der Waals surface area contributed by atoms with Crippen molar-refractivity contribution in [3.8, 4) is 51.1 Å². The van der Waals surface area contributed by atoms with E-state index in [0.717, 1.165) is 55.4 Å². The van der Waals surface area contributed by atoms with E-state index in [-0.39, 0.29) is 0 Å². The monoisotopic (exact) mass is 515 g/mol. The highest BCUT2D eigenvalue weighted by molar-refractivity contribution is 6.15. The van der Waals surface area contributed by atoms with Crippen LogP contribution in [0.4, 0.5) is 0 Å². The Balaban J connectivity index is 1.73. The van der Waals surface area contributed by atoms with Crippen molar-refractivity contribution in [3.05, 3.63) is 116 Å². The van der Waals surface area contributed by atoms with E-state index in [4.69, 9.17) is 19.9 Å². The topological polar surface area (TPSA) is 93.2 Å². The minimum absolute atomic E-state index is 0.509. The Kier molecular flexibility index (Phi) is 5.57. The van der Waals surface area contributed by atoms with E-state index >= 15 is 0 Å². The summed E-state index contributed by atoms with van der Waals surface area (Å²) in [7, 11) is 1.96. The number of para-hydroxylation sites is 1. The molecule has 5 aromatic heterocycles. The summed E-state index contributed by atoms with van der Waals surface area (Å²) in [6.07, 6.45) is 9.04. The minimum Gasteiger partial charge on any atom is -0.340 e. The Morgan fingerprint density at radius 1 is 0.700 bits per heavy atom. The average molecular weight is 516 g/mol. The molecule has 5 heterocycles. The standard InChI is InChI=1S/C33H21N7/c1-40-19-28(38-20-40)23-9-5-12-26-29(23)30(24-10-4-7-22-8-6-15-37-32(22)24)31(25-11-2-3-14-35-25)33(39-26)27-17-21(18-34)13-16-36-27/h2-17,19-20H,1H3. The molecule has 0 amide bonds. The van der Waals surface area contributed by atoms with Gasteiger partial charge in [-0.1, -0.05) is 42.5 Å². The highest BCUT2D eigenvalue weighted by Crippen LogP contribution is 2.46. The number of nitrogens with zero attached hydrogens (tertiary/aromatic N) is 7. The third kappa shape index (κ3) is 3.87. The van der Waals surface area contributed by atoms with Crippen molar-refractivity contribution >= 4 is 21.8 Å². The number of rotatable bonds is 4. The second kappa shape index (κ2) is 9.53. The fourth-order valence-electron chi connectivity index (χ4n) is 5.23. The number of benzene rings is 2. The number of imidazole rings is 1. The number of fused-ring (bicyclic) bond motifs is 2. The molecule has 188 valence electrons. The lowest BCUT2D eigenvalue weighted by molar-refractivity contribution is 0.913. The summed E-state index contributed by atoms with van der Waals surface area (Å²) >= 11 is 0. The molecule has 0 saturated heterocycles. The van der Waals surface area contributed by atoms with Gasteiger partial charge < -0.3 is 4.57 Å². The van der Waals surface area contributed by atoms with E-state index < -0.39 is 0 Å². The maximum absolute atomic E-state index is 9.65. The van der Waals surface area contributed by atoms with Crippen molar-refractivity contribution in [2.75, 3.05) is 0 Å². The summed E-state index contributed by atoms with van der Waals surface area (Å²) < 4.78 is 1.94. The predicted octanol–water partition coefficient (Wildman–Crippen LogP) is 6.85. The zero-order valence-corrected chi connectivity index (χ0v) is 21.5. The molecule has 7 aromatic rings. The van der Waals surface area contributed by atoms with Gasteiger partial charge in [0.05, 0.1) is 51.8 Å². The molecule has 2 aromatic carbocycles. The normalized spacial score (nSPS) is 11.1. The molecular weight excluding hydrogens is 494 g/mol. The third-order valence-corrected chi connectivity index (χ3v) is 6.95. The van der Waals surface area contributed by atoms with E-state index in [9.17, 15) is 5.26 Å². The molecule has 0 fully saturated rings. The summed E-state index contributed by atoms with van der Waals surface area (Å²) in [4.78, 5) is 24.1. The number of hydrogen-bond acceptors (Lipinski definition) is 6. The molecule has 0 N–H and O–H groups in total. The van der Waals surface area contributed by atoms with E-state index in [2.05, 4.69) is 35.3 Å². The molecule has 7 rings (SSSR count). The molecule has 0 saturated carbocycles. The van der Waals surface area contributed by atoms with Crippen LogP contribution in [0.5, 0.6) is 0 Å². The molecule has 0 bridgehead atoms. The number of aryl methyl sites for hydroxylation is 1. The summed E-state index contributed by atoms with van der Waals surface area (Å²) in [6.45, 7) is 0. The van der Waals surface area contributed by atoms with Crippen LogP contribution in [0.1, 0.15) is 5.56 Å². The van der Waals surface area contributed by atoms with Crippen molar-refractivity contribution in [1.82, 2.24) is 29.5 Å². The Bertz CT molecular complexity index is 2080. The van der Waals surface area contributed by atoms with Crippen LogP contribution in [-0.4, -0.2) is 29.5 Å². The van der Waals surface area contributed by atoms with Gasteiger partial charge in [0.2, 0.25) is 0 Å². The van der Waals surface area contributed by atoms with Gasteiger partial charge >= 0.3 is 0 Å². The Labute approximate surface area is 230 Å². The molecule has 0 aliphatic rings. The Hall–Kier alpha value is -5.74. The minimum atomic E-state index is 0.509. The molecular formula is C33H21N7. The van der Waals surface area contributed by atoms with Crippen LogP contribution in [0.3, 0.4) is 0 Å². The van der Waals surface area contributed by atoms with E-state index in [0.29, 0.717) is 17.0 Å². The summed E-state index contributed by atoms with van der Waals surface area (Å²) in [5, 5.41) is 11.6. The first-order valence-electron chi connectivity index (χ1n) is 12.8. The van der Waals surface area contributed by atoms with Gasteiger partial charge in [-0.05, 0) is 36.4 Å². The number of aromatic nitrogens is 6. The van der Waals surface area contributed by atoms with Gasteiger partial charge in [0.25, 0.3) is 0 Å². The lowest BCUT2D eigenvalue weighted by atomic mass is 9.87. The second-order valence-corrected chi connectivity index (χ2v) is 9.47. The maximum atomic E-state index is 9.65. The van der Waals surface area contributed by atoms with Crippen molar-refractivity contribution in [3.63, 3.8) is 0 Å². The number of pyridine rings is 4. The quantitative estimate of drug-likeness (QED) is 0.255. The van der Waals surface area contributed by atoms with Crippen LogP contribution in [0.15, 0.2) is 110 Å². The fourth-order valence-corrected chi connectivity index (χ4v) is 5.23. The zero-order chi connectivity index (χ0) is 27.1. The number of hydrogen-bond donors (Lipinski definition) is 0. The first-order valence-corrected chi connectivity index (χ1v) is 12.8. The number of nitriles is 1. The fraction of sp³-hybridized carbons (Fsp3) is 0.0303. The van der Waals surface area contributed by atoms with Crippen molar-refractivity contribution < 1.29 is 0 Å². The van der Waals surface area contributed by atoms with Crippen LogP contribution < -0.4 is 0 Å². The first-order chi connectivity index (χ1) is 19.7. The average Bonchev–Trinajstić information content (AvgIpc) is 3.46. The van der Waals surface area contributed by atoms with Crippen molar-refractivity contribution in [2.45, 2.75) is 0 Å². The highest BCUT2D eigenvalue weighted by Gasteiger charge is 2.25. The molecule has 0 unspecified atom stereocenters. The molecule has 0 radical (unpaired) electrons. The second-order valence-electron chi connectivity index (χ2n) is 9.47. The van der Waals surface area contributed by atoms with Crippen LogP contribution in [0, 0.1) is 11.3 Å². The van der Waals surface area contributed by atoms with Crippen LogP contribution >= 0.6 is 0 Å². The largest absolute Gasteiger partial charge is 0.340 e. The maximum Gasteiger partial charge on any atom is 0.0994 e. The SMILES string of the molecule is Cn1cnc(-c2cccc3nc(-c4cc(C#N)ccn4)c(-c4ccccn4)c(-c4cccc5cccnc45)c23)c1.